The van der Waals surface area contributed by atoms with E-state index in [1.54, 1.807) is 0 Å². The molecule has 0 aliphatic carbocycles. The molecule has 154 valence electrons. The van der Waals surface area contributed by atoms with Crippen molar-refractivity contribution in [1.29, 1.82) is 0 Å². The van der Waals surface area contributed by atoms with Crippen LogP contribution in [-0.2, 0) is 19.6 Å². The summed E-state index contributed by atoms with van der Waals surface area (Å²) in [5, 5.41) is 14.1. The van der Waals surface area contributed by atoms with Crippen LogP contribution < -0.4 is 10.0 Å². The summed E-state index contributed by atoms with van der Waals surface area (Å²) < 4.78 is 31.8. The molecule has 1 amide bonds. The highest BCUT2D eigenvalue weighted by Crippen LogP contribution is 2.22. The number of anilines is 1. The minimum absolute atomic E-state index is 0.154. The molecule has 3 rings (SSSR count). The molecule has 1 aliphatic rings. The van der Waals surface area contributed by atoms with E-state index in [2.05, 4.69) is 5.32 Å². The van der Waals surface area contributed by atoms with Gasteiger partial charge in [-0.3, -0.25) is 4.79 Å². The number of amides is 1. The number of benzene rings is 1. The van der Waals surface area contributed by atoms with Crippen molar-refractivity contribution in [3.8, 4) is 0 Å². The molecule has 0 saturated carbocycles. The van der Waals surface area contributed by atoms with E-state index >= 15 is 0 Å². The number of rotatable bonds is 6. The molecule has 1 saturated heterocycles. The van der Waals surface area contributed by atoms with E-state index in [0.29, 0.717) is 23.5 Å². The lowest BCUT2D eigenvalue weighted by molar-refractivity contribution is -0.608. The Morgan fingerprint density at radius 3 is 2.41 bits per heavy atom. The van der Waals surface area contributed by atoms with E-state index in [0.717, 1.165) is 19.0 Å². The Bertz CT molecular complexity index is 1000. The first kappa shape index (κ1) is 20.7. The van der Waals surface area contributed by atoms with Gasteiger partial charge in [-0.25, -0.2) is 13.2 Å². The molecule has 1 aromatic heterocycles. The number of nitrogens with one attached hydrogen (secondary N) is 1. The van der Waals surface area contributed by atoms with Crippen molar-refractivity contribution in [2.45, 2.75) is 30.8 Å². The van der Waals surface area contributed by atoms with Crippen LogP contribution in [0, 0.1) is 5.21 Å². The molecule has 2 heterocycles. The Labute approximate surface area is 168 Å². The summed E-state index contributed by atoms with van der Waals surface area (Å²) in [5.41, 5.74) is 0.125. The third-order valence-electron chi connectivity index (χ3n) is 4.51. The number of ether oxygens (including phenoxy) is 1. The molecule has 1 aliphatic heterocycles. The van der Waals surface area contributed by atoms with Crippen LogP contribution in [0.3, 0.4) is 0 Å². The van der Waals surface area contributed by atoms with Crippen molar-refractivity contribution < 1.29 is 27.5 Å². The first-order chi connectivity index (χ1) is 13.8. The molecule has 0 spiro atoms. The first-order valence-electron chi connectivity index (χ1n) is 9.09. The van der Waals surface area contributed by atoms with Gasteiger partial charge in [0.2, 0.25) is 10.0 Å². The SMILES string of the molecule is C[C@H](OC(=O)c1cccc[n+]1[O-])C(=O)Nc1ccc(S(=O)(=O)N2CCCC2)cc1. The number of pyridine rings is 1. The monoisotopic (exact) mass is 419 g/mol. The summed E-state index contributed by atoms with van der Waals surface area (Å²) in [4.78, 5) is 24.4. The number of hydrogen-bond donors (Lipinski definition) is 1. The van der Waals surface area contributed by atoms with Gasteiger partial charge in [0.05, 0.1) is 4.90 Å². The van der Waals surface area contributed by atoms with Crippen LogP contribution in [0.25, 0.3) is 0 Å². The van der Waals surface area contributed by atoms with Crippen molar-refractivity contribution in [2.24, 2.45) is 0 Å². The van der Waals surface area contributed by atoms with Crippen molar-refractivity contribution in [3.05, 3.63) is 59.6 Å². The summed E-state index contributed by atoms with van der Waals surface area (Å²) in [6.45, 7) is 2.39. The predicted octanol–water partition coefficient (Wildman–Crippen LogP) is 1.29. The zero-order valence-electron chi connectivity index (χ0n) is 15.8. The molecule has 0 bridgehead atoms. The number of hydrogen-bond acceptors (Lipinski definition) is 6. The number of carbonyl (C=O) groups is 2. The maximum absolute atomic E-state index is 12.5. The smallest absolute Gasteiger partial charge is 0.405 e. The van der Waals surface area contributed by atoms with Gasteiger partial charge in [-0.1, -0.05) is 0 Å². The van der Waals surface area contributed by atoms with Crippen LogP contribution in [0.5, 0.6) is 0 Å². The van der Waals surface area contributed by atoms with Crippen LogP contribution in [0.4, 0.5) is 5.69 Å². The first-order valence-corrected chi connectivity index (χ1v) is 10.5. The number of esters is 1. The van der Waals surface area contributed by atoms with E-state index in [9.17, 15) is 23.2 Å². The van der Waals surface area contributed by atoms with Gasteiger partial charge in [0.25, 0.3) is 5.91 Å². The molecular formula is C19H21N3O6S. The Morgan fingerprint density at radius 2 is 1.79 bits per heavy atom. The van der Waals surface area contributed by atoms with Crippen LogP contribution in [0.15, 0.2) is 53.6 Å². The standard InChI is InChI=1S/C19H21N3O6S/c1-14(28-19(24)17-6-2-3-13-22(17)25)18(23)20-15-7-9-16(10-8-15)29(26,27)21-11-4-5-12-21/h2-3,6-10,13-14H,4-5,11-12H2,1H3,(H,20,23)/t14-/m0/s1. The molecule has 10 heteroatoms. The normalized spacial score (nSPS) is 15.6. The number of sulfonamides is 1. The van der Waals surface area contributed by atoms with E-state index < -0.39 is 28.0 Å². The largest absolute Gasteiger partial charge is 0.618 e. The minimum atomic E-state index is -3.53. The van der Waals surface area contributed by atoms with Crippen LogP contribution >= 0.6 is 0 Å². The zero-order chi connectivity index (χ0) is 21.0. The average molecular weight is 419 g/mol. The zero-order valence-corrected chi connectivity index (χ0v) is 16.6. The summed E-state index contributed by atoms with van der Waals surface area (Å²) in [7, 11) is -3.53. The molecular weight excluding hydrogens is 398 g/mol. The second kappa shape index (κ2) is 8.58. The molecule has 0 radical (unpaired) electrons. The molecule has 1 aromatic carbocycles. The number of aromatic nitrogens is 1. The molecule has 1 atom stereocenters. The summed E-state index contributed by atoms with van der Waals surface area (Å²) in [6.07, 6.45) is 1.69. The van der Waals surface area contributed by atoms with Crippen LogP contribution in [0.2, 0.25) is 0 Å². The quantitative estimate of drug-likeness (QED) is 0.428. The van der Waals surface area contributed by atoms with Gasteiger partial charge in [-0.2, -0.15) is 9.04 Å². The van der Waals surface area contributed by atoms with Gasteiger partial charge in [-0.05, 0) is 50.1 Å². The summed E-state index contributed by atoms with van der Waals surface area (Å²) >= 11 is 0. The minimum Gasteiger partial charge on any atom is -0.618 e. The predicted molar refractivity (Wildman–Crippen MR) is 103 cm³/mol. The van der Waals surface area contributed by atoms with E-state index in [4.69, 9.17) is 4.74 Å². The van der Waals surface area contributed by atoms with Crippen molar-refractivity contribution >= 4 is 27.6 Å². The molecule has 0 unspecified atom stereocenters. The molecule has 29 heavy (non-hydrogen) atoms. The Kier molecular flexibility index (Phi) is 6.14. The second-order valence-electron chi connectivity index (χ2n) is 6.58. The highest BCUT2D eigenvalue weighted by molar-refractivity contribution is 7.89. The fourth-order valence-electron chi connectivity index (χ4n) is 2.89. The maximum atomic E-state index is 12.5. The van der Waals surface area contributed by atoms with Crippen molar-refractivity contribution in [1.82, 2.24) is 4.31 Å². The van der Waals surface area contributed by atoms with Gasteiger partial charge >= 0.3 is 11.7 Å². The third-order valence-corrected chi connectivity index (χ3v) is 6.42. The summed E-state index contributed by atoms with van der Waals surface area (Å²) in [5.74, 6) is -1.53. The third kappa shape index (κ3) is 4.72. The molecule has 9 nitrogen and oxygen atoms in total. The molecule has 1 N–H and O–H groups in total. The lowest BCUT2D eigenvalue weighted by atomic mass is 10.3. The lowest BCUT2D eigenvalue weighted by Crippen LogP contribution is -2.37. The Morgan fingerprint density at radius 1 is 1.14 bits per heavy atom. The fourth-order valence-corrected chi connectivity index (χ4v) is 4.41. The Balaban J connectivity index is 1.61. The van der Waals surface area contributed by atoms with E-state index in [1.807, 2.05) is 0 Å². The fraction of sp³-hybridized carbons (Fsp3) is 0.316. The summed E-state index contributed by atoms with van der Waals surface area (Å²) in [6, 6.07) is 10.0. The average Bonchev–Trinajstić information content (AvgIpc) is 3.24. The van der Waals surface area contributed by atoms with E-state index in [-0.39, 0.29) is 10.6 Å². The molecule has 2 aromatic rings. The van der Waals surface area contributed by atoms with Gasteiger partial charge in [0.15, 0.2) is 12.3 Å². The molecule has 1 fully saturated rings. The lowest BCUT2D eigenvalue weighted by Gasteiger charge is -2.16. The van der Waals surface area contributed by atoms with E-state index in [1.165, 1.54) is 53.7 Å². The second-order valence-corrected chi connectivity index (χ2v) is 8.52. The highest BCUT2D eigenvalue weighted by atomic mass is 32.2. The highest BCUT2D eigenvalue weighted by Gasteiger charge is 2.27. The van der Waals surface area contributed by atoms with Crippen molar-refractivity contribution in [3.63, 3.8) is 0 Å². The number of carbonyl (C=O) groups excluding carboxylic acids is 2. The topological polar surface area (TPSA) is 120 Å². The van der Waals surface area contributed by atoms with Gasteiger partial charge in [0, 0.05) is 30.9 Å². The van der Waals surface area contributed by atoms with Gasteiger partial charge in [0.1, 0.15) is 0 Å². The Hall–Kier alpha value is -2.98. The van der Waals surface area contributed by atoms with Crippen LogP contribution in [-0.4, -0.2) is 43.8 Å². The van der Waals surface area contributed by atoms with Crippen molar-refractivity contribution in [2.75, 3.05) is 18.4 Å². The number of nitrogens with zero attached hydrogens (tertiary/aromatic N) is 2. The van der Waals surface area contributed by atoms with Gasteiger partial charge in [-0.15, -0.1) is 0 Å². The van der Waals surface area contributed by atoms with Gasteiger partial charge < -0.3 is 15.3 Å². The van der Waals surface area contributed by atoms with Crippen LogP contribution in [0.1, 0.15) is 30.3 Å². The maximum Gasteiger partial charge on any atom is 0.405 e.